The Bertz CT molecular complexity index is 1070. The molecule has 172 valence electrons. The lowest BCUT2D eigenvalue weighted by Gasteiger charge is -2.14. The minimum atomic E-state index is -1.46. The second-order valence-corrected chi connectivity index (χ2v) is 6.84. The molecule has 1 amide bonds. The highest BCUT2D eigenvalue weighted by atomic mass is 19.1. The lowest BCUT2D eigenvalue weighted by Crippen LogP contribution is -2.41. The topological polar surface area (TPSA) is 214 Å². The van der Waals surface area contributed by atoms with Gasteiger partial charge in [0, 0.05) is 18.7 Å². The van der Waals surface area contributed by atoms with Crippen LogP contribution < -0.4 is 27.7 Å². The number of nitrogen functional groups attached to an aromatic ring is 2. The van der Waals surface area contributed by atoms with Crippen LogP contribution in [0.4, 0.5) is 21.8 Å². The summed E-state index contributed by atoms with van der Waals surface area (Å²) in [5.74, 6) is -4.54. The standard InChI is InChI=1S/C19H23FN6O6/c20-12-8-9(23-7-1-2-11-15(21)25-19(22)26-17(11)30)3-4-10(12)16(29)24-13(18(31)32)5-6-14(27)28/h3-4,8,13,23H,1-2,5-7H2,(H,24,29)(H,27,28)(H,31,32)(H5,21,22,25,26,30)/t13-/m0/s1. The maximum atomic E-state index is 14.4. The second kappa shape index (κ2) is 10.7. The molecule has 0 aliphatic heterocycles. The smallest absolute Gasteiger partial charge is 0.326 e. The summed E-state index contributed by atoms with van der Waals surface area (Å²) in [5.41, 5.74) is 10.9. The quantitative estimate of drug-likeness (QED) is 0.230. The molecule has 13 heteroatoms. The van der Waals surface area contributed by atoms with Crippen molar-refractivity contribution < 1.29 is 29.0 Å². The molecule has 0 radical (unpaired) electrons. The van der Waals surface area contributed by atoms with Gasteiger partial charge in [0.15, 0.2) is 0 Å². The number of benzene rings is 1. The number of aromatic amines is 1. The number of rotatable bonds is 11. The van der Waals surface area contributed by atoms with Crippen molar-refractivity contribution in [3.63, 3.8) is 0 Å². The first kappa shape index (κ1) is 24.1. The van der Waals surface area contributed by atoms with Gasteiger partial charge in [-0.15, -0.1) is 0 Å². The number of aromatic nitrogens is 2. The van der Waals surface area contributed by atoms with E-state index in [1.165, 1.54) is 12.1 Å². The number of carboxylic acids is 2. The summed E-state index contributed by atoms with van der Waals surface area (Å²) in [6.07, 6.45) is -0.0367. The van der Waals surface area contributed by atoms with Crippen molar-refractivity contribution in [3.8, 4) is 0 Å². The van der Waals surface area contributed by atoms with E-state index in [1.54, 1.807) is 0 Å². The van der Waals surface area contributed by atoms with Crippen LogP contribution in [0.2, 0.25) is 0 Å². The molecular formula is C19H23FN6O6. The fraction of sp³-hybridized carbons (Fsp3) is 0.316. The molecule has 1 aromatic carbocycles. The van der Waals surface area contributed by atoms with E-state index in [0.717, 1.165) is 6.07 Å². The summed E-state index contributed by atoms with van der Waals surface area (Å²) in [7, 11) is 0. The molecule has 1 heterocycles. The van der Waals surface area contributed by atoms with Gasteiger partial charge in [-0.2, -0.15) is 4.98 Å². The molecule has 32 heavy (non-hydrogen) atoms. The Kier molecular flexibility index (Phi) is 8.10. The van der Waals surface area contributed by atoms with Crippen molar-refractivity contribution in [1.82, 2.24) is 15.3 Å². The first-order valence-corrected chi connectivity index (χ1v) is 9.51. The number of carboxylic acid groups (broad SMARTS) is 2. The number of hydrogen-bond donors (Lipinski definition) is 7. The Labute approximate surface area is 180 Å². The normalized spacial score (nSPS) is 11.5. The third-order valence-corrected chi connectivity index (χ3v) is 4.46. The SMILES string of the molecule is Nc1nc(N)c(CCCNc2ccc(C(=O)N[C@@H](CCC(=O)O)C(=O)O)c(F)c2)c(=O)[nH]1. The fourth-order valence-corrected chi connectivity index (χ4v) is 2.84. The number of amides is 1. The average Bonchev–Trinajstić information content (AvgIpc) is 2.69. The van der Waals surface area contributed by atoms with Crippen molar-refractivity contribution in [2.45, 2.75) is 31.7 Å². The van der Waals surface area contributed by atoms with E-state index in [-0.39, 0.29) is 29.3 Å². The molecule has 0 fully saturated rings. The van der Waals surface area contributed by atoms with Crippen LogP contribution in [-0.4, -0.2) is 50.6 Å². The van der Waals surface area contributed by atoms with Crippen LogP contribution in [0.3, 0.4) is 0 Å². The number of nitrogens with one attached hydrogen (secondary N) is 3. The minimum absolute atomic E-state index is 0.0377. The average molecular weight is 450 g/mol. The zero-order valence-electron chi connectivity index (χ0n) is 16.9. The Morgan fingerprint density at radius 1 is 1.22 bits per heavy atom. The molecule has 9 N–H and O–H groups in total. The molecule has 0 unspecified atom stereocenters. The molecule has 0 spiro atoms. The molecule has 1 atom stereocenters. The maximum Gasteiger partial charge on any atom is 0.326 e. The molecule has 12 nitrogen and oxygen atoms in total. The van der Waals surface area contributed by atoms with Gasteiger partial charge in [-0.1, -0.05) is 0 Å². The Morgan fingerprint density at radius 3 is 2.53 bits per heavy atom. The number of anilines is 3. The van der Waals surface area contributed by atoms with Gasteiger partial charge in [-0.25, -0.2) is 9.18 Å². The van der Waals surface area contributed by atoms with Gasteiger partial charge >= 0.3 is 11.9 Å². The molecular weight excluding hydrogens is 427 g/mol. The van der Waals surface area contributed by atoms with Gasteiger partial charge in [-0.05, 0) is 37.5 Å². The van der Waals surface area contributed by atoms with Gasteiger partial charge in [0.25, 0.3) is 11.5 Å². The number of aliphatic carboxylic acids is 2. The highest BCUT2D eigenvalue weighted by Gasteiger charge is 2.23. The van der Waals surface area contributed by atoms with Crippen molar-refractivity contribution in [2.24, 2.45) is 0 Å². The molecule has 0 aliphatic carbocycles. The van der Waals surface area contributed by atoms with Crippen LogP contribution in [0, 0.1) is 5.82 Å². The summed E-state index contributed by atoms with van der Waals surface area (Å²) in [5, 5.41) is 22.8. The fourth-order valence-electron chi connectivity index (χ4n) is 2.84. The third-order valence-electron chi connectivity index (χ3n) is 4.46. The third kappa shape index (κ3) is 6.68. The van der Waals surface area contributed by atoms with Crippen LogP contribution in [0.5, 0.6) is 0 Å². The molecule has 0 saturated carbocycles. The number of halogens is 1. The summed E-state index contributed by atoms with van der Waals surface area (Å²) in [6, 6.07) is 2.20. The zero-order valence-corrected chi connectivity index (χ0v) is 16.9. The molecule has 2 rings (SSSR count). The second-order valence-electron chi connectivity index (χ2n) is 6.84. The number of nitrogens with two attached hydrogens (primary N) is 2. The number of hydrogen-bond acceptors (Lipinski definition) is 8. The van der Waals surface area contributed by atoms with Gasteiger partial charge in [0.1, 0.15) is 17.7 Å². The largest absolute Gasteiger partial charge is 0.481 e. The van der Waals surface area contributed by atoms with E-state index in [0.29, 0.717) is 25.1 Å². The Hall–Kier alpha value is -4.16. The molecule has 2 aromatic rings. The van der Waals surface area contributed by atoms with E-state index in [1.807, 2.05) is 0 Å². The Balaban J connectivity index is 1.93. The molecule has 0 saturated heterocycles. The van der Waals surface area contributed by atoms with Gasteiger partial charge in [0.05, 0.1) is 11.1 Å². The number of carbonyl (C=O) groups excluding carboxylic acids is 1. The van der Waals surface area contributed by atoms with Crippen molar-refractivity contribution >= 4 is 35.3 Å². The van der Waals surface area contributed by atoms with Crippen molar-refractivity contribution in [2.75, 3.05) is 23.3 Å². The van der Waals surface area contributed by atoms with Crippen LogP contribution in [0.15, 0.2) is 23.0 Å². The Morgan fingerprint density at radius 2 is 1.94 bits per heavy atom. The van der Waals surface area contributed by atoms with Crippen molar-refractivity contribution in [1.29, 1.82) is 0 Å². The number of nitrogens with zero attached hydrogens (tertiary/aromatic N) is 1. The minimum Gasteiger partial charge on any atom is -0.481 e. The summed E-state index contributed by atoms with van der Waals surface area (Å²) in [4.78, 5) is 52.0. The first-order chi connectivity index (χ1) is 15.1. The van der Waals surface area contributed by atoms with Crippen molar-refractivity contribution in [3.05, 3.63) is 45.5 Å². The molecule has 1 aromatic heterocycles. The monoisotopic (exact) mass is 450 g/mol. The van der Waals surface area contributed by atoms with E-state index in [9.17, 15) is 23.6 Å². The summed E-state index contributed by atoms with van der Waals surface area (Å²) < 4.78 is 14.4. The lowest BCUT2D eigenvalue weighted by molar-refractivity contribution is -0.140. The molecule has 0 bridgehead atoms. The van der Waals surface area contributed by atoms with Gasteiger partial charge < -0.3 is 32.3 Å². The lowest BCUT2D eigenvalue weighted by atomic mass is 10.1. The predicted molar refractivity (Wildman–Crippen MR) is 113 cm³/mol. The van der Waals surface area contributed by atoms with Gasteiger partial charge in [-0.3, -0.25) is 19.4 Å². The number of carbonyl (C=O) groups is 3. The zero-order chi connectivity index (χ0) is 23.8. The predicted octanol–water partition coefficient (Wildman–Crippen LogP) is 0.166. The summed E-state index contributed by atoms with van der Waals surface area (Å²) >= 11 is 0. The van der Waals surface area contributed by atoms with E-state index < -0.39 is 41.7 Å². The molecule has 0 aliphatic rings. The van der Waals surface area contributed by atoms with Gasteiger partial charge in [0.2, 0.25) is 5.95 Å². The van der Waals surface area contributed by atoms with Crippen LogP contribution in [0.1, 0.15) is 35.2 Å². The highest BCUT2D eigenvalue weighted by Crippen LogP contribution is 2.16. The van der Waals surface area contributed by atoms with Crippen LogP contribution in [-0.2, 0) is 16.0 Å². The number of H-pyrrole nitrogens is 1. The van der Waals surface area contributed by atoms with Crippen LogP contribution >= 0.6 is 0 Å². The van der Waals surface area contributed by atoms with Crippen LogP contribution in [0.25, 0.3) is 0 Å². The first-order valence-electron chi connectivity index (χ1n) is 9.51. The van der Waals surface area contributed by atoms with E-state index in [2.05, 4.69) is 20.6 Å². The highest BCUT2D eigenvalue weighted by molar-refractivity contribution is 5.97. The maximum absolute atomic E-state index is 14.4. The summed E-state index contributed by atoms with van der Waals surface area (Å²) in [6.45, 7) is 0.352. The van der Waals surface area contributed by atoms with E-state index >= 15 is 0 Å². The van der Waals surface area contributed by atoms with E-state index in [4.69, 9.17) is 21.7 Å².